The molecular weight excluding hydrogens is 226 g/mol. The fraction of sp³-hybridized carbons (Fsp3) is 0. The van der Waals surface area contributed by atoms with Crippen LogP contribution in [0.5, 0.6) is 0 Å². The lowest BCUT2D eigenvalue weighted by Gasteiger charge is -1.99. The molecule has 0 radical (unpaired) electrons. The molecule has 0 atom stereocenters. The van der Waals surface area contributed by atoms with Crippen LogP contribution >= 0.6 is 25.0 Å². The van der Waals surface area contributed by atoms with Gasteiger partial charge in [0.05, 0.1) is 5.56 Å². The zero-order valence-corrected chi connectivity index (χ0v) is 7.98. The van der Waals surface area contributed by atoms with Crippen LogP contribution in [0.15, 0.2) is 29.2 Å². The first-order valence-electron chi connectivity index (χ1n) is 2.93. The minimum atomic E-state index is -0.396. The molecule has 0 spiro atoms. The monoisotopic (exact) mass is 231 g/mol. The van der Waals surface area contributed by atoms with E-state index >= 15 is 0 Å². The normalized spacial score (nSPS) is 9.55. The van der Waals surface area contributed by atoms with Gasteiger partial charge in [-0.15, -0.1) is 0 Å². The second-order valence-corrected chi connectivity index (χ2v) is 3.50. The number of nitrogens with two attached hydrogens (primary N) is 1. The molecule has 0 aliphatic carbocycles. The Morgan fingerprint density at radius 3 is 2.55 bits per heavy atom. The Morgan fingerprint density at radius 2 is 2.09 bits per heavy atom. The van der Waals surface area contributed by atoms with E-state index in [1.165, 1.54) is 10.2 Å². The summed E-state index contributed by atoms with van der Waals surface area (Å²) >= 11 is 3.19. The Kier molecular flexibility index (Phi) is 2.96. The van der Waals surface area contributed by atoms with Gasteiger partial charge in [0.25, 0.3) is 0 Å². The van der Waals surface area contributed by atoms with Crippen molar-refractivity contribution in [3.63, 3.8) is 0 Å². The van der Waals surface area contributed by atoms with Crippen LogP contribution in [-0.4, -0.2) is 5.91 Å². The highest BCUT2D eigenvalue weighted by atomic mass is 79.9. The quantitative estimate of drug-likeness (QED) is 0.849. The van der Waals surface area contributed by atoms with Gasteiger partial charge in [-0.1, -0.05) is 12.1 Å². The van der Waals surface area contributed by atoms with Gasteiger partial charge in [-0.3, -0.25) is 4.79 Å². The minimum Gasteiger partial charge on any atom is -0.366 e. The highest BCUT2D eigenvalue weighted by molar-refractivity contribution is 9.50. The largest absolute Gasteiger partial charge is 0.366 e. The first kappa shape index (κ1) is 8.62. The number of benzene rings is 1. The summed E-state index contributed by atoms with van der Waals surface area (Å²) in [5.74, 6) is -0.396. The third kappa shape index (κ3) is 1.97. The molecule has 0 saturated heterocycles. The predicted molar refractivity (Wildman–Crippen MR) is 49.7 cm³/mol. The van der Waals surface area contributed by atoms with E-state index in [9.17, 15) is 4.79 Å². The summed E-state index contributed by atoms with van der Waals surface area (Å²) < 4.78 is 0. The van der Waals surface area contributed by atoms with Gasteiger partial charge in [0.2, 0.25) is 5.91 Å². The molecule has 0 saturated carbocycles. The van der Waals surface area contributed by atoms with Crippen LogP contribution in [0.1, 0.15) is 10.4 Å². The average molecular weight is 232 g/mol. The molecule has 2 nitrogen and oxygen atoms in total. The molecule has 0 aromatic heterocycles. The Bertz CT molecular complexity index is 277. The molecular formula is C7H6BrNOS. The van der Waals surface area contributed by atoms with Crippen molar-refractivity contribution in [2.45, 2.75) is 4.90 Å². The van der Waals surface area contributed by atoms with E-state index in [4.69, 9.17) is 5.73 Å². The van der Waals surface area contributed by atoms with Crippen LogP contribution in [0.3, 0.4) is 0 Å². The van der Waals surface area contributed by atoms with Gasteiger partial charge in [-0.2, -0.15) is 0 Å². The number of hydrogen-bond acceptors (Lipinski definition) is 2. The van der Waals surface area contributed by atoms with Crippen LogP contribution in [-0.2, 0) is 0 Å². The second-order valence-electron chi connectivity index (χ2n) is 1.94. The molecule has 0 fully saturated rings. The van der Waals surface area contributed by atoms with Crippen molar-refractivity contribution in [3.05, 3.63) is 29.8 Å². The Balaban J connectivity index is 3.12. The van der Waals surface area contributed by atoms with Gasteiger partial charge in [-0.05, 0) is 37.1 Å². The van der Waals surface area contributed by atoms with Crippen LogP contribution in [0.2, 0.25) is 0 Å². The molecule has 1 rings (SSSR count). The summed E-state index contributed by atoms with van der Waals surface area (Å²) in [4.78, 5) is 11.6. The summed E-state index contributed by atoms with van der Waals surface area (Å²) in [6, 6.07) is 7.17. The maximum Gasteiger partial charge on any atom is 0.249 e. The van der Waals surface area contributed by atoms with Gasteiger partial charge in [0.1, 0.15) is 0 Å². The molecule has 0 bridgehead atoms. The van der Waals surface area contributed by atoms with Gasteiger partial charge in [0.15, 0.2) is 0 Å². The van der Waals surface area contributed by atoms with Gasteiger partial charge in [0, 0.05) is 4.90 Å². The molecule has 0 aliphatic heterocycles. The zero-order valence-electron chi connectivity index (χ0n) is 5.58. The predicted octanol–water partition coefficient (Wildman–Crippen LogP) is 2.19. The molecule has 58 valence electrons. The number of primary amides is 1. The zero-order chi connectivity index (χ0) is 8.27. The van der Waals surface area contributed by atoms with Gasteiger partial charge in [-0.25, -0.2) is 0 Å². The highest BCUT2D eigenvalue weighted by Gasteiger charge is 2.04. The Morgan fingerprint density at radius 1 is 1.45 bits per heavy atom. The van der Waals surface area contributed by atoms with Crippen LogP contribution in [0.25, 0.3) is 0 Å². The van der Waals surface area contributed by atoms with Gasteiger partial charge < -0.3 is 5.73 Å². The topological polar surface area (TPSA) is 43.1 Å². The SMILES string of the molecule is NC(=O)c1ccccc1SBr. The van der Waals surface area contributed by atoms with Crippen molar-refractivity contribution in [2.75, 3.05) is 0 Å². The lowest BCUT2D eigenvalue weighted by molar-refractivity contribution is 0.0997. The highest BCUT2D eigenvalue weighted by Crippen LogP contribution is 2.27. The van der Waals surface area contributed by atoms with E-state index in [0.29, 0.717) is 5.56 Å². The fourth-order valence-corrected chi connectivity index (χ4v) is 1.97. The van der Waals surface area contributed by atoms with E-state index < -0.39 is 5.91 Å². The van der Waals surface area contributed by atoms with E-state index in [1.54, 1.807) is 12.1 Å². The third-order valence-corrected chi connectivity index (χ3v) is 2.80. The van der Waals surface area contributed by atoms with E-state index in [2.05, 4.69) is 14.8 Å². The minimum absolute atomic E-state index is 0.396. The smallest absolute Gasteiger partial charge is 0.249 e. The summed E-state index contributed by atoms with van der Waals surface area (Å²) in [5, 5.41) is 0. The first-order valence-corrected chi connectivity index (χ1v) is 5.59. The van der Waals surface area contributed by atoms with Gasteiger partial charge >= 0.3 is 0 Å². The van der Waals surface area contributed by atoms with E-state index in [-0.39, 0.29) is 0 Å². The maximum absolute atomic E-state index is 10.8. The standard InChI is InChI=1S/C7H6BrNOS/c8-11-6-4-2-1-3-5(6)7(9)10/h1-4H,(H2,9,10). The van der Waals surface area contributed by atoms with Crippen LogP contribution in [0, 0.1) is 0 Å². The summed E-state index contributed by atoms with van der Waals surface area (Å²) in [7, 11) is 1.34. The Labute approximate surface area is 76.4 Å². The summed E-state index contributed by atoms with van der Waals surface area (Å²) in [6.07, 6.45) is 0. The fourth-order valence-electron chi connectivity index (χ4n) is 0.737. The van der Waals surface area contributed by atoms with Crippen molar-refractivity contribution >= 4 is 30.9 Å². The number of carbonyl (C=O) groups is 1. The molecule has 0 aliphatic rings. The number of rotatable bonds is 2. The molecule has 0 unspecified atom stereocenters. The van der Waals surface area contributed by atoms with Crippen LogP contribution < -0.4 is 5.73 Å². The number of amides is 1. The van der Waals surface area contributed by atoms with Crippen molar-refractivity contribution in [1.82, 2.24) is 0 Å². The lowest BCUT2D eigenvalue weighted by Crippen LogP contribution is -2.11. The van der Waals surface area contributed by atoms with Crippen molar-refractivity contribution in [2.24, 2.45) is 5.73 Å². The summed E-state index contributed by atoms with van der Waals surface area (Å²) in [6.45, 7) is 0. The summed E-state index contributed by atoms with van der Waals surface area (Å²) in [5.41, 5.74) is 5.67. The average Bonchev–Trinajstić information content (AvgIpc) is 2.04. The lowest BCUT2D eigenvalue weighted by atomic mass is 10.2. The van der Waals surface area contributed by atoms with Crippen molar-refractivity contribution in [1.29, 1.82) is 0 Å². The second kappa shape index (κ2) is 3.78. The number of halogens is 1. The molecule has 1 aromatic carbocycles. The molecule has 1 amide bonds. The maximum atomic E-state index is 10.8. The van der Waals surface area contributed by atoms with E-state index in [1.807, 2.05) is 12.1 Å². The number of hydrogen-bond donors (Lipinski definition) is 1. The molecule has 4 heteroatoms. The molecule has 11 heavy (non-hydrogen) atoms. The van der Waals surface area contributed by atoms with Crippen molar-refractivity contribution < 1.29 is 4.79 Å². The van der Waals surface area contributed by atoms with Crippen LogP contribution in [0.4, 0.5) is 0 Å². The number of carbonyl (C=O) groups excluding carboxylic acids is 1. The molecule has 0 heterocycles. The third-order valence-electron chi connectivity index (χ3n) is 1.24. The molecule has 1 aromatic rings. The molecule has 2 N–H and O–H groups in total. The first-order chi connectivity index (χ1) is 5.25. The van der Waals surface area contributed by atoms with Crippen molar-refractivity contribution in [3.8, 4) is 0 Å². The Hall–Kier alpha value is -0.480. The van der Waals surface area contributed by atoms with E-state index in [0.717, 1.165) is 4.90 Å².